The van der Waals surface area contributed by atoms with Crippen molar-refractivity contribution < 1.29 is 13.9 Å². The van der Waals surface area contributed by atoms with Crippen LogP contribution in [0.15, 0.2) is 106 Å². The Morgan fingerprint density at radius 2 is 1.70 bits per heavy atom. The Kier molecular flexibility index (Phi) is 7.05. The van der Waals surface area contributed by atoms with E-state index in [2.05, 4.69) is 0 Å². The summed E-state index contributed by atoms with van der Waals surface area (Å²) in [7, 11) is 0. The molecule has 7 heteroatoms. The first-order valence-corrected chi connectivity index (χ1v) is 12.6. The van der Waals surface area contributed by atoms with Crippen LogP contribution in [0, 0.1) is 5.82 Å². The number of nitrogens with zero attached hydrogens (tertiary/aromatic N) is 2. The lowest BCUT2D eigenvalue weighted by atomic mass is 9.93. The lowest BCUT2D eigenvalue weighted by Gasteiger charge is -2.25. The van der Waals surface area contributed by atoms with Crippen LogP contribution < -0.4 is 14.9 Å². The number of esters is 1. The number of rotatable bonds is 6. The highest BCUT2D eigenvalue weighted by molar-refractivity contribution is 7.07. The van der Waals surface area contributed by atoms with Gasteiger partial charge in [-0.2, -0.15) is 0 Å². The summed E-state index contributed by atoms with van der Waals surface area (Å²) in [5.74, 6) is -0.982. The second kappa shape index (κ2) is 10.7. The Morgan fingerprint density at radius 3 is 2.38 bits per heavy atom. The number of ether oxygens (including phenoxy) is 1. The quantitative estimate of drug-likeness (QED) is 0.352. The van der Waals surface area contributed by atoms with E-state index in [1.54, 1.807) is 25.1 Å². The van der Waals surface area contributed by atoms with E-state index in [1.807, 2.05) is 72.8 Å². The molecule has 1 aliphatic rings. The fourth-order valence-electron chi connectivity index (χ4n) is 4.23. The van der Waals surface area contributed by atoms with E-state index in [0.717, 1.165) is 11.1 Å². The molecule has 2 heterocycles. The second-order valence-corrected chi connectivity index (χ2v) is 9.28. The molecule has 0 fully saturated rings. The topological polar surface area (TPSA) is 60.7 Å². The van der Waals surface area contributed by atoms with Crippen LogP contribution in [0.1, 0.15) is 29.7 Å². The van der Waals surface area contributed by atoms with Crippen LogP contribution in [0.4, 0.5) is 4.39 Å². The largest absolute Gasteiger partial charge is 0.463 e. The predicted octanol–water partition coefficient (Wildman–Crippen LogP) is 4.74. The number of thiazole rings is 1. The van der Waals surface area contributed by atoms with Gasteiger partial charge in [0.25, 0.3) is 5.56 Å². The molecule has 4 aromatic rings. The third kappa shape index (κ3) is 4.99. The molecular weight excluding hydrogens is 487 g/mol. The molecule has 3 aromatic carbocycles. The van der Waals surface area contributed by atoms with E-state index < -0.39 is 17.8 Å². The molecule has 0 bridgehead atoms. The van der Waals surface area contributed by atoms with E-state index in [4.69, 9.17) is 9.73 Å². The number of allylic oxidation sites excluding steroid dienone is 1. The van der Waals surface area contributed by atoms with Crippen LogP contribution in [0.5, 0.6) is 0 Å². The van der Waals surface area contributed by atoms with E-state index in [-0.39, 0.29) is 17.7 Å². The van der Waals surface area contributed by atoms with Crippen LogP contribution in [0.3, 0.4) is 0 Å². The summed E-state index contributed by atoms with van der Waals surface area (Å²) < 4.78 is 21.2. The monoisotopic (exact) mass is 510 g/mol. The molecule has 0 amide bonds. The first-order valence-electron chi connectivity index (χ1n) is 11.8. The fraction of sp³-hybridized carbons (Fsp3) is 0.100. The minimum Gasteiger partial charge on any atom is -0.463 e. The first-order chi connectivity index (χ1) is 18.1. The Labute approximate surface area is 216 Å². The van der Waals surface area contributed by atoms with Gasteiger partial charge in [0.1, 0.15) is 5.82 Å². The van der Waals surface area contributed by atoms with Gasteiger partial charge >= 0.3 is 5.97 Å². The molecule has 0 spiro atoms. The van der Waals surface area contributed by atoms with Gasteiger partial charge in [0.15, 0.2) is 4.80 Å². The molecule has 5 nitrogen and oxygen atoms in total. The van der Waals surface area contributed by atoms with Gasteiger partial charge in [-0.3, -0.25) is 9.36 Å². The smallest absolute Gasteiger partial charge is 0.338 e. The highest BCUT2D eigenvalue weighted by atomic mass is 32.1. The van der Waals surface area contributed by atoms with Crippen molar-refractivity contribution in [3.63, 3.8) is 0 Å². The molecule has 37 heavy (non-hydrogen) atoms. The van der Waals surface area contributed by atoms with Gasteiger partial charge in [-0.1, -0.05) is 96.3 Å². The summed E-state index contributed by atoms with van der Waals surface area (Å²) in [6.07, 6.45) is 5.48. The molecule has 1 aliphatic heterocycles. The summed E-state index contributed by atoms with van der Waals surface area (Å²) in [5, 5.41) is 0. The lowest BCUT2D eigenvalue weighted by Crippen LogP contribution is -2.39. The molecule has 184 valence electrons. The Hall–Kier alpha value is -4.36. The SMILES string of the molecule is CCOC(=O)C1=C(c2ccccc2)N=c2s/c(=C/C=C/c3ccccc3)c(=O)n2[C@H]1c1ccc(F)cc1. The Bertz CT molecular complexity index is 1670. The van der Waals surface area contributed by atoms with Crippen LogP contribution in [-0.2, 0) is 9.53 Å². The highest BCUT2D eigenvalue weighted by Crippen LogP contribution is 2.35. The van der Waals surface area contributed by atoms with Gasteiger partial charge in [-0.05, 0) is 36.3 Å². The summed E-state index contributed by atoms with van der Waals surface area (Å²) in [6, 6.07) is 24.1. The highest BCUT2D eigenvalue weighted by Gasteiger charge is 2.35. The third-order valence-corrected chi connectivity index (χ3v) is 6.90. The normalized spacial score (nSPS) is 15.5. The number of fused-ring (bicyclic) bond motifs is 1. The third-order valence-electron chi connectivity index (χ3n) is 5.90. The average molecular weight is 511 g/mol. The molecule has 1 aromatic heterocycles. The molecule has 5 rings (SSSR count). The summed E-state index contributed by atoms with van der Waals surface area (Å²) in [4.78, 5) is 32.3. The van der Waals surface area contributed by atoms with Crippen molar-refractivity contribution in [3.8, 4) is 0 Å². The number of carbonyl (C=O) groups is 1. The van der Waals surface area contributed by atoms with Crippen LogP contribution >= 0.6 is 11.3 Å². The number of hydrogen-bond acceptors (Lipinski definition) is 5. The van der Waals surface area contributed by atoms with E-state index in [1.165, 1.54) is 28.0 Å². The Morgan fingerprint density at radius 1 is 1.03 bits per heavy atom. The van der Waals surface area contributed by atoms with Crippen molar-refractivity contribution in [2.24, 2.45) is 4.99 Å². The maximum absolute atomic E-state index is 13.8. The number of hydrogen-bond donors (Lipinski definition) is 0. The maximum Gasteiger partial charge on any atom is 0.338 e. The zero-order valence-electron chi connectivity index (χ0n) is 20.0. The van der Waals surface area contributed by atoms with Crippen molar-refractivity contribution in [2.75, 3.05) is 6.61 Å². The van der Waals surface area contributed by atoms with Crippen LogP contribution in [0.25, 0.3) is 17.8 Å². The number of benzene rings is 3. The number of carbonyl (C=O) groups excluding carboxylic acids is 1. The lowest BCUT2D eigenvalue weighted by molar-refractivity contribution is -0.138. The van der Waals surface area contributed by atoms with Gasteiger partial charge in [-0.15, -0.1) is 0 Å². The zero-order valence-corrected chi connectivity index (χ0v) is 20.8. The van der Waals surface area contributed by atoms with Crippen molar-refractivity contribution in [2.45, 2.75) is 13.0 Å². The van der Waals surface area contributed by atoms with Crippen molar-refractivity contribution in [3.05, 3.63) is 139 Å². The number of aromatic nitrogens is 1. The van der Waals surface area contributed by atoms with Crippen LogP contribution in [-0.4, -0.2) is 17.1 Å². The van der Waals surface area contributed by atoms with Crippen molar-refractivity contribution in [1.29, 1.82) is 0 Å². The van der Waals surface area contributed by atoms with Gasteiger partial charge in [0, 0.05) is 5.56 Å². The molecule has 1 atom stereocenters. The van der Waals surface area contributed by atoms with Gasteiger partial charge in [-0.25, -0.2) is 14.2 Å². The van der Waals surface area contributed by atoms with Gasteiger partial charge < -0.3 is 4.74 Å². The standard InChI is InChI=1S/C30H23FN2O3S/c1-2-36-29(35)25-26(21-13-7-4-8-14-21)32-30-33(27(25)22-16-18-23(31)19-17-22)28(34)24(37-30)15-9-12-20-10-5-3-6-11-20/h3-19,27H,2H2,1H3/b12-9+,24-15+/t27-/m0/s1. The van der Waals surface area contributed by atoms with Gasteiger partial charge in [0.2, 0.25) is 0 Å². The van der Waals surface area contributed by atoms with E-state index >= 15 is 0 Å². The van der Waals surface area contributed by atoms with Crippen molar-refractivity contribution in [1.82, 2.24) is 4.57 Å². The first kappa shape index (κ1) is 24.3. The van der Waals surface area contributed by atoms with Crippen molar-refractivity contribution >= 4 is 35.2 Å². The minimum atomic E-state index is -0.827. The second-order valence-electron chi connectivity index (χ2n) is 8.28. The maximum atomic E-state index is 13.8. The van der Waals surface area contributed by atoms with E-state index in [0.29, 0.717) is 20.6 Å². The molecule has 0 unspecified atom stereocenters. The molecular formula is C30H23FN2O3S. The molecule has 0 saturated carbocycles. The number of halogens is 1. The van der Waals surface area contributed by atoms with Crippen LogP contribution in [0.2, 0.25) is 0 Å². The molecule has 0 N–H and O–H groups in total. The zero-order chi connectivity index (χ0) is 25.8. The summed E-state index contributed by atoms with van der Waals surface area (Å²) in [5.41, 5.74) is 2.69. The fourth-order valence-corrected chi connectivity index (χ4v) is 5.18. The minimum absolute atomic E-state index is 0.162. The Balaban J connectivity index is 1.75. The molecule has 0 radical (unpaired) electrons. The van der Waals surface area contributed by atoms with Gasteiger partial charge in [0.05, 0.1) is 28.5 Å². The van der Waals surface area contributed by atoms with E-state index in [9.17, 15) is 14.0 Å². The summed E-state index contributed by atoms with van der Waals surface area (Å²) >= 11 is 1.24. The summed E-state index contributed by atoms with van der Waals surface area (Å²) in [6.45, 7) is 1.89. The molecule has 0 saturated heterocycles. The molecule has 0 aliphatic carbocycles. The predicted molar refractivity (Wildman–Crippen MR) is 144 cm³/mol. The average Bonchev–Trinajstić information content (AvgIpc) is 3.24.